The van der Waals surface area contributed by atoms with Crippen LogP contribution in [0.15, 0.2) is 72.9 Å². The molecule has 1 atom stereocenters. The summed E-state index contributed by atoms with van der Waals surface area (Å²) in [7, 11) is -4.59. The van der Waals surface area contributed by atoms with E-state index in [1.165, 1.54) is 12.1 Å². The van der Waals surface area contributed by atoms with Crippen molar-refractivity contribution in [3.05, 3.63) is 89.7 Å². The van der Waals surface area contributed by atoms with Crippen LogP contribution in [-0.2, 0) is 19.8 Å². The van der Waals surface area contributed by atoms with Crippen molar-refractivity contribution in [2.24, 2.45) is 0 Å². The second-order valence-corrected chi connectivity index (χ2v) is 7.09. The fourth-order valence-corrected chi connectivity index (χ4v) is 3.30. The highest BCUT2D eigenvalue weighted by molar-refractivity contribution is 7.90. The van der Waals surface area contributed by atoms with E-state index in [1.807, 2.05) is 24.3 Å². The molecule has 0 aliphatic heterocycles. The second kappa shape index (κ2) is 9.69. The van der Waals surface area contributed by atoms with Crippen molar-refractivity contribution >= 4 is 22.7 Å². The molecule has 29 heavy (non-hydrogen) atoms. The Morgan fingerprint density at radius 3 is 2.03 bits per heavy atom. The number of hydrogen-bond acceptors (Lipinski definition) is 9. The van der Waals surface area contributed by atoms with Crippen LogP contribution >= 0.6 is 12.3 Å². The lowest BCUT2D eigenvalue weighted by Gasteiger charge is -2.18. The molecule has 0 aliphatic rings. The van der Waals surface area contributed by atoms with Gasteiger partial charge in [-0.05, 0) is 47.5 Å². The van der Waals surface area contributed by atoms with Crippen LogP contribution in [0.5, 0.6) is 11.5 Å². The van der Waals surface area contributed by atoms with E-state index in [4.69, 9.17) is 14.0 Å². The zero-order valence-corrected chi connectivity index (χ0v) is 16.2. The first-order valence-corrected chi connectivity index (χ1v) is 10.1. The van der Waals surface area contributed by atoms with E-state index in [9.17, 15) is 8.42 Å². The lowest BCUT2D eigenvalue weighted by atomic mass is 9.88. The molecule has 1 unspecified atom stereocenters. The maximum Gasteiger partial charge on any atom is 0.446 e. The summed E-state index contributed by atoms with van der Waals surface area (Å²) >= 11 is 0.451. The van der Waals surface area contributed by atoms with E-state index < -0.39 is 10.4 Å². The molecular formula is C18H15NO8S2. The highest BCUT2D eigenvalue weighted by Gasteiger charge is 2.19. The Labute approximate surface area is 171 Å². The van der Waals surface area contributed by atoms with Gasteiger partial charge in [0.1, 0.15) is 11.5 Å². The van der Waals surface area contributed by atoms with Gasteiger partial charge in [0.05, 0.1) is 11.6 Å². The van der Waals surface area contributed by atoms with Crippen molar-refractivity contribution < 1.29 is 36.0 Å². The lowest BCUT2D eigenvalue weighted by molar-refractivity contribution is -0.433. The van der Waals surface area contributed by atoms with Gasteiger partial charge in [-0.2, -0.15) is 8.42 Å². The minimum Gasteiger partial charge on any atom is -0.399 e. The molecule has 3 aromatic rings. The average molecular weight is 437 g/mol. The zero-order valence-electron chi connectivity index (χ0n) is 14.6. The molecule has 1 aromatic heterocycles. The number of benzene rings is 2. The summed E-state index contributed by atoms with van der Waals surface area (Å²) in [6.07, 6.45) is 1.68. The van der Waals surface area contributed by atoms with Crippen molar-refractivity contribution in [3.8, 4) is 11.5 Å². The Balaban J connectivity index is 1.90. The molecule has 2 N–H and O–H groups in total. The molecule has 0 aliphatic carbocycles. The van der Waals surface area contributed by atoms with Crippen LogP contribution in [0.2, 0.25) is 0 Å². The first-order valence-electron chi connectivity index (χ1n) is 8.05. The molecule has 11 heteroatoms. The van der Waals surface area contributed by atoms with Gasteiger partial charge in [-0.3, -0.25) is 9.54 Å². The van der Waals surface area contributed by atoms with Crippen LogP contribution in [0.25, 0.3) is 0 Å². The van der Waals surface area contributed by atoms with E-state index >= 15 is 0 Å². The van der Waals surface area contributed by atoms with Gasteiger partial charge >= 0.3 is 10.4 Å². The quantitative estimate of drug-likeness (QED) is 0.168. The Hall–Kier alpha value is -2.67. The fourth-order valence-electron chi connectivity index (χ4n) is 2.70. The largest absolute Gasteiger partial charge is 0.446 e. The van der Waals surface area contributed by atoms with Crippen molar-refractivity contribution in [3.63, 3.8) is 0 Å². The first-order chi connectivity index (χ1) is 14.0. The highest BCUT2D eigenvalue weighted by Crippen LogP contribution is 2.33. The normalized spacial score (nSPS) is 12.3. The molecule has 3 rings (SSSR count). The SMILES string of the molecule is O=S(=O)(O)Oc1ccc(C(c2ccc(OSOOO)cc2)c2ccccn2)cc1. The van der Waals surface area contributed by atoms with E-state index in [1.54, 1.807) is 36.5 Å². The average Bonchev–Trinajstić information content (AvgIpc) is 2.71. The van der Waals surface area contributed by atoms with Crippen LogP contribution in [0.3, 0.4) is 0 Å². The number of nitrogens with zero attached hydrogens (tertiary/aromatic N) is 1. The number of aromatic nitrogens is 1. The predicted octanol–water partition coefficient (Wildman–Crippen LogP) is 3.81. The minimum atomic E-state index is -4.59. The van der Waals surface area contributed by atoms with Crippen LogP contribution < -0.4 is 8.37 Å². The van der Waals surface area contributed by atoms with Gasteiger partial charge in [-0.1, -0.05) is 39.7 Å². The van der Waals surface area contributed by atoms with Gasteiger partial charge in [0.25, 0.3) is 12.3 Å². The van der Waals surface area contributed by atoms with Gasteiger partial charge in [0.15, 0.2) is 0 Å². The van der Waals surface area contributed by atoms with Crippen molar-refractivity contribution in [2.75, 3.05) is 0 Å². The molecular weight excluding hydrogens is 422 g/mol. The summed E-state index contributed by atoms with van der Waals surface area (Å²) in [5.74, 6) is 0.199. The standard InChI is InChI=1S/C18H15NO8S2/c20-26-27-28-24-15-8-4-13(5-9-15)18(17-3-1-2-12-19-17)14-6-10-16(11-7-14)25-29(21,22)23/h1-12,18,20H,(H,21,22,23). The molecule has 0 fully saturated rings. The van der Waals surface area contributed by atoms with Crippen molar-refractivity contribution in [1.29, 1.82) is 0 Å². The Kier molecular flexibility index (Phi) is 7.04. The molecule has 152 valence electrons. The van der Waals surface area contributed by atoms with E-state index in [0.717, 1.165) is 16.8 Å². The number of rotatable bonds is 9. The van der Waals surface area contributed by atoms with Crippen LogP contribution in [0.4, 0.5) is 0 Å². The number of pyridine rings is 1. The van der Waals surface area contributed by atoms with Crippen LogP contribution in [0, 0.1) is 0 Å². The van der Waals surface area contributed by atoms with Crippen molar-refractivity contribution in [2.45, 2.75) is 5.92 Å². The monoisotopic (exact) mass is 437 g/mol. The summed E-state index contributed by atoms with van der Waals surface area (Å²) in [4.78, 5) is 4.43. The molecule has 0 radical (unpaired) electrons. The van der Waals surface area contributed by atoms with E-state index in [-0.39, 0.29) is 11.7 Å². The summed E-state index contributed by atoms with van der Waals surface area (Å²) in [5, 5.41) is 11.6. The van der Waals surface area contributed by atoms with Crippen LogP contribution in [0.1, 0.15) is 22.7 Å². The Morgan fingerprint density at radius 1 is 0.897 bits per heavy atom. The van der Waals surface area contributed by atoms with Gasteiger partial charge in [-0.15, -0.1) is 0 Å². The maximum absolute atomic E-state index is 10.9. The first kappa shape index (κ1) is 21.0. The van der Waals surface area contributed by atoms with Crippen molar-refractivity contribution in [1.82, 2.24) is 4.98 Å². The third-order valence-electron chi connectivity index (χ3n) is 3.80. The molecule has 0 spiro atoms. The summed E-state index contributed by atoms with van der Waals surface area (Å²) in [5.41, 5.74) is 2.49. The predicted molar refractivity (Wildman–Crippen MR) is 103 cm³/mol. The molecule has 0 amide bonds. The zero-order chi connectivity index (χ0) is 20.7. The molecule has 0 bridgehead atoms. The maximum atomic E-state index is 10.9. The molecule has 2 aromatic carbocycles. The lowest BCUT2D eigenvalue weighted by Crippen LogP contribution is -2.08. The second-order valence-electron chi connectivity index (χ2n) is 5.63. The third kappa shape index (κ3) is 6.15. The third-order valence-corrected chi connectivity index (χ3v) is 4.58. The smallest absolute Gasteiger partial charge is 0.399 e. The topological polar surface area (TPSA) is 124 Å². The molecule has 9 nitrogen and oxygen atoms in total. The van der Waals surface area contributed by atoms with Gasteiger partial charge in [0, 0.05) is 6.20 Å². The summed E-state index contributed by atoms with van der Waals surface area (Å²) in [6.45, 7) is 0. The highest BCUT2D eigenvalue weighted by atomic mass is 32.3. The Morgan fingerprint density at radius 2 is 1.52 bits per heavy atom. The summed E-state index contributed by atoms with van der Waals surface area (Å²) < 4.78 is 44.3. The van der Waals surface area contributed by atoms with Gasteiger partial charge in [-0.25, -0.2) is 5.26 Å². The van der Waals surface area contributed by atoms with Gasteiger partial charge < -0.3 is 8.37 Å². The van der Waals surface area contributed by atoms with E-state index in [2.05, 4.69) is 18.5 Å². The molecule has 1 heterocycles. The fraction of sp³-hybridized carbons (Fsp3) is 0.0556. The minimum absolute atomic E-state index is 0.0112. The molecule has 0 saturated carbocycles. The van der Waals surface area contributed by atoms with Gasteiger partial charge in [0.2, 0.25) is 0 Å². The Bertz CT molecular complexity index is 1010. The molecule has 0 saturated heterocycles. The van der Waals surface area contributed by atoms with E-state index in [0.29, 0.717) is 18.1 Å². The summed E-state index contributed by atoms with van der Waals surface area (Å²) in [6, 6.07) is 18.9. The van der Waals surface area contributed by atoms with Crippen LogP contribution in [-0.4, -0.2) is 23.2 Å². The number of hydrogen-bond donors (Lipinski definition) is 2.